The van der Waals surface area contributed by atoms with Crippen LogP contribution in [0.3, 0.4) is 0 Å². The van der Waals surface area contributed by atoms with E-state index in [0.717, 1.165) is 11.3 Å². The summed E-state index contributed by atoms with van der Waals surface area (Å²) in [4.78, 5) is 30.5. The van der Waals surface area contributed by atoms with Crippen molar-refractivity contribution in [2.45, 2.75) is 33.4 Å². The highest BCUT2D eigenvalue weighted by atomic mass is 16.7. The van der Waals surface area contributed by atoms with Gasteiger partial charge in [0.05, 0.1) is 13.7 Å². The monoisotopic (exact) mass is 522 g/mol. The second kappa shape index (κ2) is 13.0. The number of nitrogens with zero attached hydrogens (tertiary/aromatic N) is 2. The number of amides is 2. The molecule has 0 bridgehead atoms. The molecule has 0 unspecified atom stereocenters. The van der Waals surface area contributed by atoms with Gasteiger partial charge in [0.25, 0.3) is 5.91 Å². The first-order valence-electron chi connectivity index (χ1n) is 12.7. The Bertz CT molecular complexity index is 1240. The predicted octanol–water partition coefficient (Wildman–Crippen LogP) is 4.42. The molecule has 0 aliphatic carbocycles. The summed E-state index contributed by atoms with van der Waals surface area (Å²) in [6.07, 6.45) is 0.608. The van der Waals surface area contributed by atoms with Gasteiger partial charge in [0.1, 0.15) is 23.8 Å². The van der Waals surface area contributed by atoms with E-state index in [1.54, 1.807) is 41.2 Å². The maximum atomic E-state index is 13.7. The van der Waals surface area contributed by atoms with Crippen LogP contribution in [0.25, 0.3) is 0 Å². The van der Waals surface area contributed by atoms with Gasteiger partial charge >= 0.3 is 0 Å². The molecule has 2 aromatic carbocycles. The largest absolute Gasteiger partial charge is 0.497 e. The first-order valence-corrected chi connectivity index (χ1v) is 12.7. The summed E-state index contributed by atoms with van der Waals surface area (Å²) in [5.74, 6) is 2.89. The smallest absolute Gasteiger partial charge is 0.254 e. The van der Waals surface area contributed by atoms with E-state index >= 15 is 0 Å². The fourth-order valence-electron chi connectivity index (χ4n) is 4.21. The van der Waals surface area contributed by atoms with Gasteiger partial charge in [0.2, 0.25) is 12.7 Å². The standard InChI is InChI=1S/C29H34N2O7/c1-4-35-14-6-13-30(29(33)23-7-5-8-24(16-23)34-3)19-28(32)31(18-25-11-9-21(2)38-25)17-22-10-12-26-27(15-22)37-20-36-26/h5,7-12,15-16H,4,6,13-14,17-20H2,1-3H3. The second-order valence-corrected chi connectivity index (χ2v) is 8.96. The maximum absolute atomic E-state index is 13.7. The van der Waals surface area contributed by atoms with Crippen LogP contribution < -0.4 is 14.2 Å². The van der Waals surface area contributed by atoms with E-state index in [1.807, 2.05) is 44.2 Å². The van der Waals surface area contributed by atoms with E-state index in [4.69, 9.17) is 23.4 Å². The molecule has 0 N–H and O–H groups in total. The highest BCUT2D eigenvalue weighted by Crippen LogP contribution is 2.33. The Morgan fingerprint density at radius 2 is 1.82 bits per heavy atom. The first-order chi connectivity index (χ1) is 18.5. The van der Waals surface area contributed by atoms with Crippen molar-refractivity contribution in [1.29, 1.82) is 0 Å². The lowest BCUT2D eigenvalue weighted by atomic mass is 10.1. The molecule has 0 radical (unpaired) electrons. The summed E-state index contributed by atoms with van der Waals surface area (Å²) < 4.78 is 27.4. The quantitative estimate of drug-likeness (QED) is 0.307. The number of fused-ring (bicyclic) bond motifs is 1. The normalized spacial score (nSPS) is 11.9. The average Bonchev–Trinajstić information content (AvgIpc) is 3.57. The Morgan fingerprint density at radius 1 is 0.974 bits per heavy atom. The molecule has 1 aromatic heterocycles. The lowest BCUT2D eigenvalue weighted by Crippen LogP contribution is -2.43. The third kappa shape index (κ3) is 7.07. The topological polar surface area (TPSA) is 90.7 Å². The number of carbonyl (C=O) groups excluding carboxylic acids is 2. The molecule has 0 spiro atoms. The SMILES string of the molecule is CCOCCCN(CC(=O)N(Cc1ccc2c(c1)OCO2)Cc1ccc(C)o1)C(=O)c1cccc(OC)c1. The molecule has 202 valence electrons. The van der Waals surface area contributed by atoms with Gasteiger partial charge in [-0.05, 0) is 68.3 Å². The van der Waals surface area contributed by atoms with Gasteiger partial charge in [-0.3, -0.25) is 9.59 Å². The van der Waals surface area contributed by atoms with Crippen molar-refractivity contribution in [3.63, 3.8) is 0 Å². The lowest BCUT2D eigenvalue weighted by molar-refractivity contribution is -0.133. The molecular formula is C29H34N2O7. The molecule has 1 aliphatic heterocycles. The van der Waals surface area contributed by atoms with E-state index in [1.165, 1.54) is 0 Å². The van der Waals surface area contributed by atoms with Crippen molar-refractivity contribution >= 4 is 11.8 Å². The Labute approximate surface area is 222 Å². The summed E-state index contributed by atoms with van der Waals surface area (Å²) >= 11 is 0. The fraction of sp³-hybridized carbons (Fsp3) is 0.379. The molecule has 0 atom stereocenters. The minimum Gasteiger partial charge on any atom is -0.497 e. The van der Waals surface area contributed by atoms with Gasteiger partial charge in [-0.1, -0.05) is 12.1 Å². The number of furan rings is 1. The Balaban J connectivity index is 1.54. The third-order valence-electron chi connectivity index (χ3n) is 6.16. The average molecular weight is 523 g/mol. The lowest BCUT2D eigenvalue weighted by Gasteiger charge is -2.28. The molecule has 0 fully saturated rings. The number of carbonyl (C=O) groups is 2. The van der Waals surface area contributed by atoms with E-state index in [-0.39, 0.29) is 31.7 Å². The van der Waals surface area contributed by atoms with Crippen molar-refractivity contribution in [1.82, 2.24) is 9.80 Å². The van der Waals surface area contributed by atoms with E-state index in [0.29, 0.717) is 61.3 Å². The van der Waals surface area contributed by atoms with E-state index < -0.39 is 0 Å². The highest BCUT2D eigenvalue weighted by Gasteiger charge is 2.24. The van der Waals surface area contributed by atoms with Crippen LogP contribution >= 0.6 is 0 Å². The van der Waals surface area contributed by atoms with Crippen molar-refractivity contribution in [3.05, 3.63) is 77.2 Å². The zero-order chi connectivity index (χ0) is 26.9. The van der Waals surface area contributed by atoms with Crippen LogP contribution in [0, 0.1) is 6.92 Å². The fourth-order valence-corrected chi connectivity index (χ4v) is 4.21. The zero-order valence-electron chi connectivity index (χ0n) is 22.1. The molecule has 2 amide bonds. The third-order valence-corrected chi connectivity index (χ3v) is 6.16. The summed E-state index contributed by atoms with van der Waals surface area (Å²) in [5, 5.41) is 0. The zero-order valence-corrected chi connectivity index (χ0v) is 22.1. The van der Waals surface area contributed by atoms with Crippen LogP contribution in [-0.2, 0) is 22.6 Å². The highest BCUT2D eigenvalue weighted by molar-refractivity contribution is 5.96. The van der Waals surface area contributed by atoms with Gasteiger partial charge < -0.3 is 33.2 Å². The van der Waals surface area contributed by atoms with Crippen molar-refractivity contribution in [2.75, 3.05) is 40.2 Å². The van der Waals surface area contributed by atoms with Crippen molar-refractivity contribution in [2.24, 2.45) is 0 Å². The van der Waals surface area contributed by atoms with Crippen molar-refractivity contribution in [3.8, 4) is 17.2 Å². The number of methoxy groups -OCH3 is 1. The number of rotatable bonds is 13. The number of aryl methyl sites for hydroxylation is 1. The van der Waals surface area contributed by atoms with Gasteiger partial charge in [-0.25, -0.2) is 0 Å². The van der Waals surface area contributed by atoms with E-state index in [9.17, 15) is 9.59 Å². The summed E-state index contributed by atoms with van der Waals surface area (Å²) in [6.45, 7) is 5.92. The van der Waals surface area contributed by atoms with Gasteiger partial charge in [0, 0.05) is 31.9 Å². The summed E-state index contributed by atoms with van der Waals surface area (Å²) in [6, 6.07) is 16.3. The Kier molecular flexibility index (Phi) is 9.26. The Hall–Kier alpha value is -3.98. The number of ether oxygens (including phenoxy) is 4. The molecule has 9 heteroatoms. The molecule has 38 heavy (non-hydrogen) atoms. The molecule has 0 saturated heterocycles. The van der Waals surface area contributed by atoms with E-state index in [2.05, 4.69) is 0 Å². The minimum atomic E-state index is -0.245. The Morgan fingerprint density at radius 3 is 2.58 bits per heavy atom. The van der Waals surface area contributed by atoms with Crippen LogP contribution in [-0.4, -0.2) is 61.8 Å². The molecule has 0 saturated carbocycles. The second-order valence-electron chi connectivity index (χ2n) is 8.96. The van der Waals surface area contributed by atoms with Crippen molar-refractivity contribution < 1.29 is 33.0 Å². The molecule has 2 heterocycles. The van der Waals surface area contributed by atoms with Crippen LogP contribution in [0.5, 0.6) is 17.2 Å². The molecule has 3 aromatic rings. The van der Waals surface area contributed by atoms with Crippen LogP contribution in [0.1, 0.15) is 40.8 Å². The summed E-state index contributed by atoms with van der Waals surface area (Å²) in [7, 11) is 1.55. The maximum Gasteiger partial charge on any atom is 0.254 e. The van der Waals surface area contributed by atoms with Crippen LogP contribution in [0.4, 0.5) is 0 Å². The van der Waals surface area contributed by atoms with Gasteiger partial charge in [-0.15, -0.1) is 0 Å². The number of hydrogen-bond acceptors (Lipinski definition) is 7. The van der Waals surface area contributed by atoms with Gasteiger partial charge in [-0.2, -0.15) is 0 Å². The molecule has 1 aliphatic rings. The molecule has 4 rings (SSSR count). The van der Waals surface area contributed by atoms with Crippen LogP contribution in [0.2, 0.25) is 0 Å². The summed E-state index contributed by atoms with van der Waals surface area (Å²) in [5.41, 5.74) is 1.34. The van der Waals surface area contributed by atoms with Gasteiger partial charge in [0.15, 0.2) is 11.5 Å². The predicted molar refractivity (Wildman–Crippen MR) is 140 cm³/mol. The first kappa shape index (κ1) is 27.1. The number of hydrogen-bond donors (Lipinski definition) is 0. The minimum absolute atomic E-state index is 0.0909. The molecular weight excluding hydrogens is 488 g/mol. The molecule has 9 nitrogen and oxygen atoms in total. The van der Waals surface area contributed by atoms with Crippen LogP contribution in [0.15, 0.2) is 59.0 Å². The number of benzene rings is 2.